The predicted octanol–water partition coefficient (Wildman–Crippen LogP) is 1.85. The summed E-state index contributed by atoms with van der Waals surface area (Å²) in [4.78, 5) is 14.4. The van der Waals surface area contributed by atoms with Crippen LogP contribution in [0.4, 0.5) is 19.0 Å². The first-order valence-corrected chi connectivity index (χ1v) is 4.83. The Labute approximate surface area is 95.6 Å². The standard InChI is InChI=1S/C10H11F3N2O2/c1-2-17-7(16)3-5-6(9(12)13)4-15-10(14)8(5)11/h4,9H,2-3H2,1H3,(H2,14,15). The average Bonchev–Trinajstić information content (AvgIpc) is 2.25. The van der Waals surface area contributed by atoms with Gasteiger partial charge in [0.1, 0.15) is 0 Å². The highest BCUT2D eigenvalue weighted by molar-refractivity contribution is 5.73. The van der Waals surface area contributed by atoms with Crippen LogP contribution in [0.1, 0.15) is 24.5 Å². The summed E-state index contributed by atoms with van der Waals surface area (Å²) in [6.07, 6.45) is -2.76. The topological polar surface area (TPSA) is 65.2 Å². The van der Waals surface area contributed by atoms with Crippen molar-refractivity contribution in [3.63, 3.8) is 0 Å². The Morgan fingerprint density at radius 1 is 1.59 bits per heavy atom. The minimum Gasteiger partial charge on any atom is -0.466 e. The largest absolute Gasteiger partial charge is 0.466 e. The smallest absolute Gasteiger partial charge is 0.310 e. The fourth-order valence-electron chi connectivity index (χ4n) is 1.28. The fourth-order valence-corrected chi connectivity index (χ4v) is 1.28. The van der Waals surface area contributed by atoms with Gasteiger partial charge in [-0.3, -0.25) is 4.79 Å². The zero-order valence-corrected chi connectivity index (χ0v) is 9.04. The quantitative estimate of drug-likeness (QED) is 0.826. The molecule has 0 saturated carbocycles. The summed E-state index contributed by atoms with van der Waals surface area (Å²) in [6, 6.07) is 0. The summed E-state index contributed by atoms with van der Waals surface area (Å²) in [7, 11) is 0. The maximum Gasteiger partial charge on any atom is 0.310 e. The lowest BCUT2D eigenvalue weighted by molar-refractivity contribution is -0.142. The van der Waals surface area contributed by atoms with Crippen LogP contribution >= 0.6 is 0 Å². The van der Waals surface area contributed by atoms with Crippen molar-refractivity contribution in [3.8, 4) is 0 Å². The van der Waals surface area contributed by atoms with Crippen LogP contribution in [0.25, 0.3) is 0 Å². The molecule has 0 aliphatic rings. The van der Waals surface area contributed by atoms with Gasteiger partial charge in [0.05, 0.1) is 13.0 Å². The number of carbonyl (C=O) groups excluding carboxylic acids is 1. The molecule has 1 aromatic rings. The van der Waals surface area contributed by atoms with Crippen molar-refractivity contribution < 1.29 is 22.7 Å². The number of halogens is 3. The highest BCUT2D eigenvalue weighted by atomic mass is 19.3. The van der Waals surface area contributed by atoms with E-state index in [-0.39, 0.29) is 6.61 Å². The van der Waals surface area contributed by atoms with Crippen LogP contribution in [0.2, 0.25) is 0 Å². The minimum absolute atomic E-state index is 0.0883. The summed E-state index contributed by atoms with van der Waals surface area (Å²) >= 11 is 0. The van der Waals surface area contributed by atoms with E-state index in [4.69, 9.17) is 5.73 Å². The molecule has 17 heavy (non-hydrogen) atoms. The van der Waals surface area contributed by atoms with Crippen molar-refractivity contribution in [2.24, 2.45) is 0 Å². The zero-order chi connectivity index (χ0) is 13.0. The normalized spacial score (nSPS) is 10.6. The molecule has 0 aromatic carbocycles. The second-order valence-electron chi connectivity index (χ2n) is 3.17. The Balaban J connectivity index is 3.10. The Morgan fingerprint density at radius 2 is 2.24 bits per heavy atom. The molecule has 94 valence electrons. The minimum atomic E-state index is -2.93. The third-order valence-electron chi connectivity index (χ3n) is 2.04. The molecule has 1 rings (SSSR count). The number of anilines is 1. The second-order valence-corrected chi connectivity index (χ2v) is 3.17. The summed E-state index contributed by atoms with van der Waals surface area (Å²) < 4.78 is 43.2. The lowest BCUT2D eigenvalue weighted by Crippen LogP contribution is -2.13. The molecule has 0 fully saturated rings. The molecule has 4 nitrogen and oxygen atoms in total. The van der Waals surface area contributed by atoms with Crippen molar-refractivity contribution in [2.45, 2.75) is 19.8 Å². The summed E-state index contributed by atoms with van der Waals surface area (Å²) in [6.45, 7) is 1.65. The lowest BCUT2D eigenvalue weighted by Gasteiger charge is -2.10. The van der Waals surface area contributed by atoms with Gasteiger partial charge in [-0.2, -0.15) is 0 Å². The van der Waals surface area contributed by atoms with E-state index in [0.717, 1.165) is 6.20 Å². The number of nitrogens with zero attached hydrogens (tertiary/aromatic N) is 1. The summed E-state index contributed by atoms with van der Waals surface area (Å²) in [5, 5.41) is 0. The van der Waals surface area contributed by atoms with Gasteiger partial charge in [-0.05, 0) is 6.92 Å². The summed E-state index contributed by atoms with van der Waals surface area (Å²) in [5.41, 5.74) is 4.04. The molecule has 0 atom stereocenters. The van der Waals surface area contributed by atoms with Crippen LogP contribution in [0.5, 0.6) is 0 Å². The van der Waals surface area contributed by atoms with E-state index in [2.05, 4.69) is 9.72 Å². The van der Waals surface area contributed by atoms with E-state index in [0.29, 0.717) is 0 Å². The van der Waals surface area contributed by atoms with E-state index in [9.17, 15) is 18.0 Å². The number of hydrogen-bond acceptors (Lipinski definition) is 4. The van der Waals surface area contributed by atoms with Gasteiger partial charge < -0.3 is 10.5 Å². The predicted molar refractivity (Wildman–Crippen MR) is 53.9 cm³/mol. The molecule has 0 radical (unpaired) electrons. The van der Waals surface area contributed by atoms with Crippen molar-refractivity contribution >= 4 is 11.8 Å². The maximum absolute atomic E-state index is 13.5. The first-order valence-electron chi connectivity index (χ1n) is 4.83. The second kappa shape index (κ2) is 5.51. The van der Waals surface area contributed by atoms with Gasteiger partial charge in [0.15, 0.2) is 11.6 Å². The molecule has 0 amide bonds. The third kappa shape index (κ3) is 3.08. The lowest BCUT2D eigenvalue weighted by atomic mass is 10.1. The Hall–Kier alpha value is -1.79. The fraction of sp³-hybridized carbons (Fsp3) is 0.400. The van der Waals surface area contributed by atoms with Gasteiger partial charge >= 0.3 is 5.97 Å². The van der Waals surface area contributed by atoms with Gasteiger partial charge in [0.2, 0.25) is 0 Å². The Kier molecular flexibility index (Phi) is 4.30. The van der Waals surface area contributed by atoms with E-state index < -0.39 is 41.6 Å². The van der Waals surface area contributed by atoms with E-state index >= 15 is 0 Å². The van der Waals surface area contributed by atoms with E-state index in [1.807, 2.05) is 0 Å². The van der Waals surface area contributed by atoms with Crippen LogP contribution in [-0.4, -0.2) is 17.6 Å². The van der Waals surface area contributed by atoms with Crippen molar-refractivity contribution in [1.82, 2.24) is 4.98 Å². The number of nitrogens with two attached hydrogens (primary N) is 1. The number of nitrogen functional groups attached to an aromatic ring is 1. The Bertz CT molecular complexity index is 424. The van der Waals surface area contributed by atoms with Crippen LogP contribution in [0, 0.1) is 5.82 Å². The molecule has 0 bridgehead atoms. The molecular weight excluding hydrogens is 237 g/mol. The van der Waals surface area contributed by atoms with Crippen LogP contribution in [0.15, 0.2) is 6.20 Å². The number of rotatable bonds is 4. The van der Waals surface area contributed by atoms with Crippen molar-refractivity contribution in [3.05, 3.63) is 23.1 Å². The molecule has 0 unspecified atom stereocenters. The molecule has 0 aliphatic carbocycles. The number of hydrogen-bond donors (Lipinski definition) is 1. The number of alkyl halides is 2. The maximum atomic E-state index is 13.5. The SMILES string of the molecule is CCOC(=O)Cc1c(C(F)F)cnc(N)c1F. The van der Waals surface area contributed by atoms with Crippen LogP contribution < -0.4 is 5.73 Å². The Morgan fingerprint density at radius 3 is 2.76 bits per heavy atom. The molecule has 0 spiro atoms. The molecule has 0 aliphatic heterocycles. The van der Waals surface area contributed by atoms with E-state index in [1.165, 1.54) is 0 Å². The first kappa shape index (κ1) is 13.3. The van der Waals surface area contributed by atoms with Gasteiger partial charge in [-0.25, -0.2) is 18.2 Å². The van der Waals surface area contributed by atoms with Gasteiger partial charge in [-0.1, -0.05) is 0 Å². The van der Waals surface area contributed by atoms with Crippen molar-refractivity contribution in [1.29, 1.82) is 0 Å². The molecule has 7 heteroatoms. The van der Waals surface area contributed by atoms with Gasteiger partial charge in [-0.15, -0.1) is 0 Å². The third-order valence-corrected chi connectivity index (χ3v) is 2.04. The molecule has 2 N–H and O–H groups in total. The number of aromatic nitrogens is 1. The first-order chi connectivity index (χ1) is 7.97. The monoisotopic (exact) mass is 248 g/mol. The van der Waals surface area contributed by atoms with Crippen LogP contribution in [-0.2, 0) is 16.0 Å². The highest BCUT2D eigenvalue weighted by Gasteiger charge is 2.22. The number of carbonyl (C=O) groups is 1. The molecule has 0 saturated heterocycles. The number of esters is 1. The van der Waals surface area contributed by atoms with Crippen LogP contribution in [0.3, 0.4) is 0 Å². The zero-order valence-electron chi connectivity index (χ0n) is 9.04. The average molecular weight is 248 g/mol. The van der Waals surface area contributed by atoms with E-state index in [1.54, 1.807) is 6.92 Å². The van der Waals surface area contributed by atoms with Crippen molar-refractivity contribution in [2.75, 3.05) is 12.3 Å². The summed E-state index contributed by atoms with van der Waals surface area (Å²) in [5.74, 6) is -2.41. The number of pyridine rings is 1. The molecule has 1 heterocycles. The van der Waals surface area contributed by atoms with Gasteiger partial charge in [0, 0.05) is 17.3 Å². The number of ether oxygens (including phenoxy) is 1. The molecular formula is C10H11F3N2O2. The van der Waals surface area contributed by atoms with Gasteiger partial charge in [0.25, 0.3) is 6.43 Å². The molecule has 1 aromatic heterocycles. The highest BCUT2D eigenvalue weighted by Crippen LogP contribution is 2.26.